The highest BCUT2D eigenvalue weighted by Crippen LogP contribution is 2.44. The van der Waals surface area contributed by atoms with Gasteiger partial charge in [-0.3, -0.25) is 14.8 Å². The highest BCUT2D eigenvalue weighted by atomic mass is 16.5. The van der Waals surface area contributed by atoms with Crippen LogP contribution in [0.15, 0.2) is 73.3 Å². The van der Waals surface area contributed by atoms with Crippen molar-refractivity contribution in [3.05, 3.63) is 90.0 Å². The number of hydrogen-bond acceptors (Lipinski definition) is 4. The average molecular weight is 316 g/mol. The van der Waals surface area contributed by atoms with Crippen LogP contribution in [0.25, 0.3) is 0 Å². The molecular weight excluding hydrogens is 300 g/mol. The SMILES string of the molecule is O=C1Oc2ccccc2C1(Cc1ccncc1)Cc1ccncc1. The summed E-state index contributed by atoms with van der Waals surface area (Å²) in [4.78, 5) is 21.0. The van der Waals surface area contributed by atoms with Gasteiger partial charge >= 0.3 is 5.97 Å². The first-order valence-corrected chi connectivity index (χ1v) is 7.87. The molecule has 1 aliphatic rings. The lowest BCUT2D eigenvalue weighted by Crippen LogP contribution is -2.38. The third-order valence-corrected chi connectivity index (χ3v) is 4.51. The van der Waals surface area contributed by atoms with Crippen LogP contribution in [0.3, 0.4) is 0 Å². The van der Waals surface area contributed by atoms with Gasteiger partial charge in [0.05, 0.1) is 0 Å². The smallest absolute Gasteiger partial charge is 0.322 e. The van der Waals surface area contributed by atoms with E-state index in [9.17, 15) is 4.79 Å². The Labute approximate surface area is 140 Å². The lowest BCUT2D eigenvalue weighted by atomic mass is 9.72. The van der Waals surface area contributed by atoms with Crippen molar-refractivity contribution in [3.8, 4) is 5.75 Å². The summed E-state index contributed by atoms with van der Waals surface area (Å²) in [6.45, 7) is 0. The molecule has 4 rings (SSSR count). The molecule has 1 aromatic carbocycles. The molecule has 0 aliphatic carbocycles. The van der Waals surface area contributed by atoms with E-state index in [1.165, 1.54) is 0 Å². The maximum Gasteiger partial charge on any atom is 0.322 e. The lowest BCUT2D eigenvalue weighted by molar-refractivity contribution is -0.138. The molecule has 0 radical (unpaired) electrons. The van der Waals surface area contributed by atoms with E-state index in [1.807, 2.05) is 48.5 Å². The number of carbonyl (C=O) groups is 1. The molecule has 0 unspecified atom stereocenters. The number of aromatic nitrogens is 2. The van der Waals surface area contributed by atoms with Crippen LogP contribution in [0.1, 0.15) is 16.7 Å². The largest absolute Gasteiger partial charge is 0.426 e. The number of nitrogens with zero attached hydrogens (tertiary/aromatic N) is 2. The van der Waals surface area contributed by atoms with Gasteiger partial charge in [-0.15, -0.1) is 0 Å². The van der Waals surface area contributed by atoms with Gasteiger partial charge in [-0.2, -0.15) is 0 Å². The predicted octanol–water partition coefficient (Wildman–Crippen LogP) is 3.12. The number of ether oxygens (including phenoxy) is 1. The first-order chi connectivity index (χ1) is 11.8. The number of esters is 1. The number of fused-ring (bicyclic) bond motifs is 1. The van der Waals surface area contributed by atoms with E-state index in [1.54, 1.807) is 24.8 Å². The molecule has 3 heterocycles. The van der Waals surface area contributed by atoms with Crippen molar-refractivity contribution >= 4 is 5.97 Å². The zero-order valence-electron chi connectivity index (χ0n) is 13.1. The Morgan fingerprint density at radius 1 is 0.792 bits per heavy atom. The van der Waals surface area contributed by atoms with E-state index < -0.39 is 5.41 Å². The zero-order chi connectivity index (χ0) is 16.4. The van der Waals surface area contributed by atoms with Gasteiger partial charge in [0.15, 0.2) is 0 Å². The normalized spacial score (nSPS) is 14.9. The Kier molecular flexibility index (Phi) is 3.58. The third-order valence-electron chi connectivity index (χ3n) is 4.51. The highest BCUT2D eigenvalue weighted by molar-refractivity contribution is 5.91. The quantitative estimate of drug-likeness (QED) is 0.548. The van der Waals surface area contributed by atoms with Crippen molar-refractivity contribution in [2.24, 2.45) is 0 Å². The van der Waals surface area contributed by atoms with Crippen LogP contribution in [0.5, 0.6) is 5.75 Å². The summed E-state index contributed by atoms with van der Waals surface area (Å²) in [7, 11) is 0. The third kappa shape index (κ3) is 2.46. The van der Waals surface area contributed by atoms with E-state index >= 15 is 0 Å². The molecule has 0 fully saturated rings. The predicted molar refractivity (Wildman–Crippen MR) is 89.6 cm³/mol. The fraction of sp³-hybridized carbons (Fsp3) is 0.150. The van der Waals surface area contributed by atoms with Crippen LogP contribution in [0, 0.1) is 0 Å². The lowest BCUT2D eigenvalue weighted by Gasteiger charge is -2.26. The monoisotopic (exact) mass is 316 g/mol. The molecule has 2 aromatic heterocycles. The Morgan fingerprint density at radius 2 is 1.33 bits per heavy atom. The van der Waals surface area contributed by atoms with Crippen molar-refractivity contribution in [2.75, 3.05) is 0 Å². The standard InChI is InChI=1S/C20H16N2O2/c23-19-20(13-15-5-9-21-10-6-15,14-16-7-11-22-12-8-16)17-3-1-2-4-18(17)24-19/h1-12H,13-14H2. The molecule has 3 aromatic rings. The van der Waals surface area contributed by atoms with Crippen LogP contribution in [0.2, 0.25) is 0 Å². The number of hydrogen-bond donors (Lipinski definition) is 0. The van der Waals surface area contributed by atoms with Crippen molar-refractivity contribution < 1.29 is 9.53 Å². The zero-order valence-corrected chi connectivity index (χ0v) is 13.1. The van der Waals surface area contributed by atoms with Crippen LogP contribution < -0.4 is 4.74 Å². The van der Waals surface area contributed by atoms with Crippen molar-refractivity contribution in [1.29, 1.82) is 0 Å². The summed E-state index contributed by atoms with van der Waals surface area (Å²) < 4.78 is 5.60. The molecule has 1 aliphatic heterocycles. The number of carbonyl (C=O) groups excluding carboxylic acids is 1. The minimum Gasteiger partial charge on any atom is -0.426 e. The summed E-state index contributed by atoms with van der Waals surface area (Å²) in [5.74, 6) is 0.461. The maximum atomic E-state index is 12.9. The molecule has 0 saturated heterocycles. The molecule has 4 nitrogen and oxygen atoms in total. The van der Waals surface area contributed by atoms with E-state index in [4.69, 9.17) is 4.74 Å². The van der Waals surface area contributed by atoms with Gasteiger partial charge in [-0.05, 0) is 54.3 Å². The van der Waals surface area contributed by atoms with Gasteiger partial charge in [-0.25, -0.2) is 0 Å². The molecule has 0 amide bonds. The van der Waals surface area contributed by atoms with Gasteiger partial charge in [0.2, 0.25) is 0 Å². The first kappa shape index (κ1) is 14.6. The maximum absolute atomic E-state index is 12.9. The molecule has 24 heavy (non-hydrogen) atoms. The van der Waals surface area contributed by atoms with Gasteiger partial charge in [0.1, 0.15) is 11.2 Å². The first-order valence-electron chi connectivity index (χ1n) is 7.87. The van der Waals surface area contributed by atoms with E-state index in [2.05, 4.69) is 9.97 Å². The van der Waals surface area contributed by atoms with E-state index in [0.29, 0.717) is 18.6 Å². The van der Waals surface area contributed by atoms with Crippen LogP contribution in [-0.2, 0) is 23.1 Å². The van der Waals surface area contributed by atoms with Gasteiger partial charge in [0.25, 0.3) is 0 Å². The number of para-hydroxylation sites is 1. The summed E-state index contributed by atoms with van der Waals surface area (Å²) >= 11 is 0. The van der Waals surface area contributed by atoms with Gasteiger partial charge in [-0.1, -0.05) is 18.2 Å². The molecular formula is C20H16N2O2. The second kappa shape index (κ2) is 5.89. The molecule has 0 spiro atoms. The molecule has 0 saturated carbocycles. The van der Waals surface area contributed by atoms with Crippen LogP contribution in [-0.4, -0.2) is 15.9 Å². The Balaban J connectivity index is 1.82. The molecule has 0 N–H and O–H groups in total. The molecule has 4 heteroatoms. The summed E-state index contributed by atoms with van der Waals surface area (Å²) in [5, 5.41) is 0. The number of pyridine rings is 2. The summed E-state index contributed by atoms with van der Waals surface area (Å²) in [5.41, 5.74) is 2.35. The van der Waals surface area contributed by atoms with Crippen molar-refractivity contribution in [3.63, 3.8) is 0 Å². The fourth-order valence-corrected chi connectivity index (χ4v) is 3.35. The minimum absolute atomic E-state index is 0.197. The van der Waals surface area contributed by atoms with Gasteiger partial charge < -0.3 is 4.74 Å². The topological polar surface area (TPSA) is 52.1 Å². The Morgan fingerprint density at radius 3 is 1.92 bits per heavy atom. The van der Waals surface area contributed by atoms with Crippen LogP contribution >= 0.6 is 0 Å². The number of benzene rings is 1. The van der Waals surface area contributed by atoms with Crippen molar-refractivity contribution in [1.82, 2.24) is 9.97 Å². The van der Waals surface area contributed by atoms with Crippen molar-refractivity contribution in [2.45, 2.75) is 18.3 Å². The number of rotatable bonds is 4. The van der Waals surface area contributed by atoms with E-state index in [-0.39, 0.29) is 5.97 Å². The Hall–Kier alpha value is -3.01. The second-order valence-corrected chi connectivity index (χ2v) is 6.03. The highest BCUT2D eigenvalue weighted by Gasteiger charge is 2.48. The average Bonchev–Trinajstić information content (AvgIpc) is 2.89. The summed E-state index contributed by atoms with van der Waals surface area (Å²) in [6.07, 6.45) is 8.16. The van der Waals surface area contributed by atoms with E-state index in [0.717, 1.165) is 16.7 Å². The Bertz CT molecular complexity index is 822. The fourth-order valence-electron chi connectivity index (χ4n) is 3.35. The van der Waals surface area contributed by atoms with Gasteiger partial charge in [0, 0.05) is 30.4 Å². The molecule has 0 atom stereocenters. The molecule has 118 valence electrons. The summed E-state index contributed by atoms with van der Waals surface area (Å²) in [6, 6.07) is 15.5. The molecule has 0 bridgehead atoms. The second-order valence-electron chi connectivity index (χ2n) is 6.03. The van der Waals surface area contributed by atoms with Crippen LogP contribution in [0.4, 0.5) is 0 Å². The minimum atomic E-state index is -0.723.